The Morgan fingerprint density at radius 2 is 2.00 bits per heavy atom. The highest BCUT2D eigenvalue weighted by Gasteiger charge is 2.15. The second-order valence-electron chi connectivity index (χ2n) is 5.48. The number of anilines is 2. The molecular formula is C16H24N4S. The number of hydrogen-bond acceptors (Lipinski definition) is 5. The average Bonchev–Trinajstić information content (AvgIpc) is 2.75. The third kappa shape index (κ3) is 3.53. The van der Waals surface area contributed by atoms with Gasteiger partial charge in [0.15, 0.2) is 0 Å². The van der Waals surface area contributed by atoms with Crippen molar-refractivity contribution in [3.8, 4) is 0 Å². The number of thiophene rings is 1. The maximum absolute atomic E-state index is 6.01. The summed E-state index contributed by atoms with van der Waals surface area (Å²) in [6.45, 7) is 10.5. The lowest BCUT2D eigenvalue weighted by Gasteiger charge is -2.17. The lowest BCUT2D eigenvalue weighted by Crippen LogP contribution is -2.13. The molecule has 0 bridgehead atoms. The Kier molecular flexibility index (Phi) is 4.83. The van der Waals surface area contributed by atoms with Gasteiger partial charge in [-0.2, -0.15) is 0 Å². The first kappa shape index (κ1) is 15.8. The van der Waals surface area contributed by atoms with E-state index in [9.17, 15) is 0 Å². The summed E-state index contributed by atoms with van der Waals surface area (Å²) in [6.07, 6.45) is 1.87. The molecule has 2 rings (SSSR count). The second-order valence-corrected chi connectivity index (χ2v) is 6.94. The molecule has 114 valence electrons. The van der Waals surface area contributed by atoms with Crippen molar-refractivity contribution in [3.05, 3.63) is 32.8 Å². The van der Waals surface area contributed by atoms with Crippen molar-refractivity contribution in [2.45, 2.75) is 53.5 Å². The highest BCUT2D eigenvalue weighted by atomic mass is 32.1. The Labute approximate surface area is 130 Å². The van der Waals surface area contributed by atoms with Gasteiger partial charge >= 0.3 is 0 Å². The van der Waals surface area contributed by atoms with Crippen molar-refractivity contribution in [2.75, 3.05) is 11.1 Å². The van der Waals surface area contributed by atoms with Crippen molar-refractivity contribution >= 4 is 23.0 Å². The fourth-order valence-corrected chi connectivity index (χ4v) is 3.44. The number of nitrogen functional groups attached to an aromatic ring is 1. The number of rotatable bonds is 5. The zero-order chi connectivity index (χ0) is 15.6. The van der Waals surface area contributed by atoms with Crippen molar-refractivity contribution in [2.24, 2.45) is 0 Å². The lowest BCUT2D eigenvalue weighted by molar-refractivity contribution is 0.816. The summed E-state index contributed by atoms with van der Waals surface area (Å²) in [5.41, 5.74) is 8.26. The summed E-state index contributed by atoms with van der Waals surface area (Å²) >= 11 is 1.83. The van der Waals surface area contributed by atoms with Crippen LogP contribution in [0.2, 0.25) is 0 Å². The standard InChI is InChI=1S/C16H24N4S/c1-6-7-14-19-15(17)10(3)16(20-14)18-11(4)13-8-9(2)21-12(13)5/h8,11H,6-7H2,1-5H3,(H3,17,18,19,20). The van der Waals surface area contributed by atoms with Crippen molar-refractivity contribution in [1.82, 2.24) is 9.97 Å². The minimum atomic E-state index is 0.206. The zero-order valence-electron chi connectivity index (χ0n) is 13.4. The van der Waals surface area contributed by atoms with E-state index in [-0.39, 0.29) is 6.04 Å². The van der Waals surface area contributed by atoms with E-state index in [1.54, 1.807) is 0 Å². The molecule has 1 unspecified atom stereocenters. The minimum Gasteiger partial charge on any atom is -0.383 e. The smallest absolute Gasteiger partial charge is 0.135 e. The number of nitrogens with two attached hydrogens (primary N) is 1. The van der Waals surface area contributed by atoms with Gasteiger partial charge in [0, 0.05) is 21.7 Å². The Hall–Kier alpha value is -1.62. The van der Waals surface area contributed by atoms with E-state index in [0.29, 0.717) is 5.82 Å². The predicted molar refractivity (Wildman–Crippen MR) is 91.0 cm³/mol. The Balaban J connectivity index is 2.28. The van der Waals surface area contributed by atoms with Crippen LogP contribution in [0, 0.1) is 20.8 Å². The maximum atomic E-state index is 6.01. The van der Waals surface area contributed by atoms with E-state index >= 15 is 0 Å². The van der Waals surface area contributed by atoms with Crippen molar-refractivity contribution < 1.29 is 0 Å². The molecule has 2 aromatic heterocycles. The van der Waals surface area contributed by atoms with E-state index in [0.717, 1.165) is 30.0 Å². The van der Waals surface area contributed by atoms with Crippen LogP contribution in [0.25, 0.3) is 0 Å². The largest absolute Gasteiger partial charge is 0.383 e. The average molecular weight is 304 g/mol. The molecule has 0 saturated carbocycles. The summed E-state index contributed by atoms with van der Waals surface area (Å²) in [6, 6.07) is 2.45. The molecule has 0 radical (unpaired) electrons. The van der Waals surface area contributed by atoms with Crippen LogP contribution in [0.3, 0.4) is 0 Å². The van der Waals surface area contributed by atoms with Crippen LogP contribution in [0.1, 0.15) is 53.0 Å². The topological polar surface area (TPSA) is 63.8 Å². The molecule has 0 aliphatic heterocycles. The Morgan fingerprint density at radius 1 is 1.29 bits per heavy atom. The van der Waals surface area contributed by atoms with Crippen LogP contribution in [0.5, 0.6) is 0 Å². The molecular weight excluding hydrogens is 280 g/mol. The minimum absolute atomic E-state index is 0.206. The molecule has 21 heavy (non-hydrogen) atoms. The van der Waals surface area contributed by atoms with Crippen LogP contribution in [-0.4, -0.2) is 9.97 Å². The van der Waals surface area contributed by atoms with Gasteiger partial charge in [-0.15, -0.1) is 11.3 Å². The van der Waals surface area contributed by atoms with E-state index in [1.165, 1.54) is 15.3 Å². The van der Waals surface area contributed by atoms with E-state index in [4.69, 9.17) is 5.73 Å². The first-order valence-corrected chi connectivity index (χ1v) is 8.20. The molecule has 2 heterocycles. The third-order valence-electron chi connectivity index (χ3n) is 3.60. The fraction of sp³-hybridized carbons (Fsp3) is 0.500. The molecule has 0 aromatic carbocycles. The van der Waals surface area contributed by atoms with Crippen LogP contribution < -0.4 is 11.1 Å². The number of nitrogens with zero attached hydrogens (tertiary/aromatic N) is 2. The summed E-state index contributed by atoms with van der Waals surface area (Å²) in [5.74, 6) is 2.23. The fourth-order valence-electron chi connectivity index (χ4n) is 2.42. The van der Waals surface area contributed by atoms with Crippen molar-refractivity contribution in [1.29, 1.82) is 0 Å². The molecule has 5 heteroatoms. The molecule has 4 nitrogen and oxygen atoms in total. The molecule has 0 spiro atoms. The van der Waals surface area contributed by atoms with Crippen LogP contribution in [0.15, 0.2) is 6.07 Å². The van der Waals surface area contributed by atoms with Crippen LogP contribution in [-0.2, 0) is 6.42 Å². The van der Waals surface area contributed by atoms with Gasteiger partial charge in [-0.3, -0.25) is 0 Å². The molecule has 0 aliphatic rings. The molecule has 0 saturated heterocycles. The number of aromatic nitrogens is 2. The number of nitrogens with one attached hydrogen (secondary N) is 1. The SMILES string of the molecule is CCCc1nc(N)c(C)c(NC(C)c2cc(C)sc2C)n1. The third-order valence-corrected chi connectivity index (χ3v) is 4.58. The van der Waals surface area contributed by atoms with Gasteiger partial charge in [0.2, 0.25) is 0 Å². The van der Waals surface area contributed by atoms with Gasteiger partial charge in [-0.1, -0.05) is 6.92 Å². The summed E-state index contributed by atoms with van der Waals surface area (Å²) < 4.78 is 0. The molecule has 2 aromatic rings. The van der Waals surface area contributed by atoms with E-state index < -0.39 is 0 Å². The number of hydrogen-bond donors (Lipinski definition) is 2. The van der Waals surface area contributed by atoms with Crippen LogP contribution >= 0.6 is 11.3 Å². The van der Waals surface area contributed by atoms with E-state index in [2.05, 4.69) is 49.0 Å². The molecule has 0 fully saturated rings. The lowest BCUT2D eigenvalue weighted by atomic mass is 10.1. The Morgan fingerprint density at radius 3 is 2.57 bits per heavy atom. The van der Waals surface area contributed by atoms with Gasteiger partial charge in [-0.05, 0) is 45.7 Å². The normalized spacial score (nSPS) is 12.4. The summed E-state index contributed by atoms with van der Waals surface area (Å²) in [4.78, 5) is 11.7. The van der Waals surface area contributed by atoms with Crippen LogP contribution in [0.4, 0.5) is 11.6 Å². The molecule has 3 N–H and O–H groups in total. The monoisotopic (exact) mass is 304 g/mol. The first-order valence-electron chi connectivity index (χ1n) is 7.38. The molecule has 1 atom stereocenters. The van der Waals surface area contributed by atoms with Gasteiger partial charge in [-0.25, -0.2) is 9.97 Å². The van der Waals surface area contributed by atoms with Gasteiger partial charge < -0.3 is 11.1 Å². The predicted octanol–water partition coefficient (Wildman–Crippen LogP) is 4.17. The number of aryl methyl sites for hydroxylation is 3. The molecule has 0 aliphatic carbocycles. The highest BCUT2D eigenvalue weighted by Crippen LogP contribution is 2.29. The zero-order valence-corrected chi connectivity index (χ0v) is 14.3. The van der Waals surface area contributed by atoms with Crippen molar-refractivity contribution in [3.63, 3.8) is 0 Å². The summed E-state index contributed by atoms with van der Waals surface area (Å²) in [7, 11) is 0. The van der Waals surface area contributed by atoms with Gasteiger partial charge in [0.05, 0.1) is 6.04 Å². The van der Waals surface area contributed by atoms with Gasteiger partial charge in [0.25, 0.3) is 0 Å². The Bertz CT molecular complexity index is 633. The summed E-state index contributed by atoms with van der Waals surface area (Å²) in [5, 5.41) is 3.50. The van der Waals surface area contributed by atoms with Gasteiger partial charge in [0.1, 0.15) is 17.5 Å². The maximum Gasteiger partial charge on any atom is 0.135 e. The highest BCUT2D eigenvalue weighted by molar-refractivity contribution is 7.12. The second kappa shape index (κ2) is 6.43. The molecule has 0 amide bonds. The quantitative estimate of drug-likeness (QED) is 0.870. The van der Waals surface area contributed by atoms with E-state index in [1.807, 2.05) is 18.3 Å². The first-order chi connectivity index (χ1) is 9.92.